The Morgan fingerprint density at radius 3 is 0.950 bits per heavy atom. The summed E-state index contributed by atoms with van der Waals surface area (Å²) >= 11 is 0. The molecule has 6 aromatic rings. The van der Waals surface area contributed by atoms with E-state index in [2.05, 4.69) is 10.3 Å². The van der Waals surface area contributed by atoms with E-state index >= 15 is 0 Å². The first-order valence-corrected chi connectivity index (χ1v) is 22.2. The van der Waals surface area contributed by atoms with E-state index in [1.54, 1.807) is 48.5 Å². The Bertz CT molecular complexity index is 2510. The van der Waals surface area contributed by atoms with Crippen molar-refractivity contribution < 1.29 is 27.3 Å². The molecule has 6 aromatic carbocycles. The standard InChI is InChI=1S/2C24H22N2O3S/c2*1-18-12-14-21(15-13-18)30(28,29)26-17-16-22(25-27)24(26)23(19-8-4-2-5-9-19)20-10-6-3-7-11-20/h2*2-15,27H,16-17H2,1H3/b2*25-22+. The Morgan fingerprint density at radius 2 is 0.700 bits per heavy atom. The van der Waals surface area contributed by atoms with E-state index in [0.29, 0.717) is 35.7 Å². The molecule has 12 heteroatoms. The van der Waals surface area contributed by atoms with E-state index in [9.17, 15) is 27.3 Å². The molecule has 0 aromatic heterocycles. The van der Waals surface area contributed by atoms with Gasteiger partial charge < -0.3 is 10.4 Å². The van der Waals surface area contributed by atoms with Gasteiger partial charge in [0.05, 0.1) is 21.2 Å². The molecular formula is C48H44N4O6S2. The molecule has 0 unspecified atom stereocenters. The van der Waals surface area contributed by atoms with Crippen LogP contribution in [0.3, 0.4) is 0 Å². The zero-order chi connectivity index (χ0) is 42.3. The first-order valence-electron chi connectivity index (χ1n) is 19.4. The van der Waals surface area contributed by atoms with Crippen molar-refractivity contribution in [2.24, 2.45) is 10.3 Å². The normalized spacial score (nSPS) is 15.6. The molecule has 2 fully saturated rings. The third-order valence-corrected chi connectivity index (χ3v) is 14.0. The number of sulfonamides is 2. The third-order valence-electron chi connectivity index (χ3n) is 10.3. The second kappa shape index (κ2) is 18.0. The maximum absolute atomic E-state index is 13.5. The van der Waals surface area contributed by atoms with Gasteiger partial charge in [-0.15, -0.1) is 0 Å². The zero-order valence-electron chi connectivity index (χ0n) is 33.1. The minimum Gasteiger partial charge on any atom is -0.411 e. The summed E-state index contributed by atoms with van der Waals surface area (Å²) in [5.74, 6) is 0. The molecule has 2 aliphatic heterocycles. The van der Waals surface area contributed by atoms with E-state index in [1.165, 1.54) is 8.61 Å². The lowest BCUT2D eigenvalue weighted by Crippen LogP contribution is -2.28. The van der Waals surface area contributed by atoms with Crippen LogP contribution in [0.4, 0.5) is 0 Å². The number of benzene rings is 6. The van der Waals surface area contributed by atoms with Crippen molar-refractivity contribution in [3.05, 3.63) is 215 Å². The molecule has 0 amide bonds. The molecule has 0 bridgehead atoms. The summed E-state index contributed by atoms with van der Waals surface area (Å²) in [5, 5.41) is 26.3. The average Bonchev–Trinajstić information content (AvgIpc) is 3.92. The quantitative estimate of drug-likeness (QED) is 0.116. The van der Waals surface area contributed by atoms with Gasteiger partial charge in [-0.25, -0.2) is 16.8 Å². The van der Waals surface area contributed by atoms with Crippen LogP contribution < -0.4 is 0 Å². The minimum absolute atomic E-state index is 0.213. The zero-order valence-corrected chi connectivity index (χ0v) is 34.8. The monoisotopic (exact) mass is 836 g/mol. The van der Waals surface area contributed by atoms with Gasteiger partial charge in [0, 0.05) is 37.1 Å². The van der Waals surface area contributed by atoms with E-state index in [0.717, 1.165) is 44.5 Å². The summed E-state index contributed by atoms with van der Waals surface area (Å²) in [5.41, 5.74) is 8.35. The molecule has 60 heavy (non-hydrogen) atoms. The first-order chi connectivity index (χ1) is 29.0. The molecule has 2 saturated heterocycles. The SMILES string of the molecule is Cc1ccc(S(=O)(=O)N2CC/C(=N\O)C2=C(c2ccccc2)c2ccccc2)cc1.Cc1ccc(S(=O)(=O)N2CC/C(=N\O)C2=C(c2ccccc2)c2ccccc2)cc1. The van der Waals surface area contributed by atoms with Gasteiger partial charge in [-0.05, 0) is 60.4 Å². The summed E-state index contributed by atoms with van der Waals surface area (Å²) in [7, 11) is -7.65. The largest absolute Gasteiger partial charge is 0.411 e. The van der Waals surface area contributed by atoms with E-state index < -0.39 is 20.0 Å². The fourth-order valence-corrected chi connectivity index (χ4v) is 10.4. The number of aryl methyl sites for hydroxylation is 2. The van der Waals surface area contributed by atoms with Crippen LogP contribution in [-0.4, -0.2) is 60.4 Å². The molecule has 10 nitrogen and oxygen atoms in total. The maximum Gasteiger partial charge on any atom is 0.264 e. The molecule has 0 atom stereocenters. The van der Waals surface area contributed by atoms with Gasteiger partial charge in [0.1, 0.15) is 11.4 Å². The van der Waals surface area contributed by atoms with E-state index in [-0.39, 0.29) is 22.9 Å². The summed E-state index contributed by atoms with van der Waals surface area (Å²) in [6, 6.07) is 51.9. The topological polar surface area (TPSA) is 140 Å². The van der Waals surface area contributed by atoms with Crippen LogP contribution in [0.25, 0.3) is 11.1 Å². The van der Waals surface area contributed by atoms with Gasteiger partial charge in [-0.2, -0.15) is 0 Å². The molecule has 0 radical (unpaired) electrons. The Labute approximate surface area is 351 Å². The number of nitrogens with zero attached hydrogens (tertiary/aromatic N) is 4. The first kappa shape index (κ1) is 41.4. The fraction of sp³-hybridized carbons (Fsp3) is 0.125. The molecule has 304 valence electrons. The van der Waals surface area contributed by atoms with Crippen LogP contribution >= 0.6 is 0 Å². The number of hydrogen-bond donors (Lipinski definition) is 2. The molecular weight excluding hydrogens is 793 g/mol. The van der Waals surface area contributed by atoms with Crippen molar-refractivity contribution in [1.82, 2.24) is 8.61 Å². The molecule has 2 aliphatic rings. The van der Waals surface area contributed by atoms with E-state index in [1.807, 2.05) is 135 Å². The summed E-state index contributed by atoms with van der Waals surface area (Å²) in [4.78, 5) is 0.426. The molecule has 2 N–H and O–H groups in total. The minimum atomic E-state index is -3.83. The van der Waals surface area contributed by atoms with Gasteiger partial charge in [0.2, 0.25) is 0 Å². The van der Waals surface area contributed by atoms with Gasteiger partial charge in [-0.1, -0.05) is 167 Å². The van der Waals surface area contributed by atoms with E-state index in [4.69, 9.17) is 0 Å². The lowest BCUT2D eigenvalue weighted by molar-refractivity contribution is 0.318. The molecule has 8 rings (SSSR count). The lowest BCUT2D eigenvalue weighted by Gasteiger charge is -2.23. The van der Waals surface area contributed by atoms with Crippen molar-refractivity contribution in [2.45, 2.75) is 36.5 Å². The summed E-state index contributed by atoms with van der Waals surface area (Å²) in [6.07, 6.45) is 0.667. The number of allylic oxidation sites excluding steroid dienone is 2. The van der Waals surface area contributed by atoms with Crippen LogP contribution in [0.1, 0.15) is 46.2 Å². The second-order valence-corrected chi connectivity index (χ2v) is 18.0. The second-order valence-electron chi connectivity index (χ2n) is 14.3. The predicted octanol–water partition coefficient (Wildman–Crippen LogP) is 9.36. The smallest absolute Gasteiger partial charge is 0.264 e. The average molecular weight is 837 g/mol. The van der Waals surface area contributed by atoms with Gasteiger partial charge in [0.25, 0.3) is 20.0 Å². The number of oxime groups is 2. The highest BCUT2D eigenvalue weighted by molar-refractivity contribution is 7.89. The Balaban J connectivity index is 0.000000181. The fourth-order valence-electron chi connectivity index (χ4n) is 7.35. The number of rotatable bonds is 8. The van der Waals surface area contributed by atoms with Gasteiger partial charge >= 0.3 is 0 Å². The molecule has 2 heterocycles. The third kappa shape index (κ3) is 8.52. The van der Waals surface area contributed by atoms with Crippen molar-refractivity contribution in [2.75, 3.05) is 13.1 Å². The Hall–Kier alpha value is -6.76. The lowest BCUT2D eigenvalue weighted by atomic mass is 9.95. The van der Waals surface area contributed by atoms with Gasteiger partial charge in [-0.3, -0.25) is 8.61 Å². The van der Waals surface area contributed by atoms with Crippen molar-refractivity contribution in [3.63, 3.8) is 0 Å². The van der Waals surface area contributed by atoms with Crippen LogP contribution in [0.5, 0.6) is 0 Å². The highest BCUT2D eigenvalue weighted by Gasteiger charge is 2.39. The van der Waals surface area contributed by atoms with Crippen LogP contribution in [0.15, 0.2) is 201 Å². The molecule has 0 saturated carbocycles. The van der Waals surface area contributed by atoms with Crippen LogP contribution in [-0.2, 0) is 20.0 Å². The summed E-state index contributed by atoms with van der Waals surface area (Å²) in [6.45, 7) is 4.26. The van der Waals surface area contributed by atoms with Crippen molar-refractivity contribution in [1.29, 1.82) is 0 Å². The Kier molecular flexibility index (Phi) is 12.4. The molecule has 0 spiro atoms. The maximum atomic E-state index is 13.5. The van der Waals surface area contributed by atoms with Crippen molar-refractivity contribution in [3.8, 4) is 0 Å². The highest BCUT2D eigenvalue weighted by Crippen LogP contribution is 2.38. The predicted molar refractivity (Wildman–Crippen MR) is 236 cm³/mol. The highest BCUT2D eigenvalue weighted by atomic mass is 32.2. The molecule has 0 aliphatic carbocycles. The summed E-state index contributed by atoms with van der Waals surface area (Å²) < 4.78 is 56.9. The van der Waals surface area contributed by atoms with Crippen molar-refractivity contribution >= 4 is 42.6 Å². The van der Waals surface area contributed by atoms with Crippen LogP contribution in [0, 0.1) is 13.8 Å². The number of hydrogen-bond acceptors (Lipinski definition) is 8. The Morgan fingerprint density at radius 1 is 0.433 bits per heavy atom. The van der Waals surface area contributed by atoms with Gasteiger partial charge in [0.15, 0.2) is 0 Å². The van der Waals surface area contributed by atoms with Crippen LogP contribution in [0.2, 0.25) is 0 Å².